The molecule has 1 amide bonds. The van der Waals surface area contributed by atoms with Crippen LogP contribution in [0.5, 0.6) is 11.6 Å². The maximum Gasteiger partial charge on any atom is 0.412 e. The molecule has 9 nitrogen and oxygen atoms in total. The van der Waals surface area contributed by atoms with Crippen molar-refractivity contribution in [3.63, 3.8) is 0 Å². The number of aromatic nitrogens is 3. The zero-order valence-corrected chi connectivity index (χ0v) is 16.9. The van der Waals surface area contributed by atoms with Gasteiger partial charge in [0.05, 0.1) is 25.0 Å². The molecular weight excluding hydrogens is 398 g/mol. The number of amides is 1. The fraction of sp³-hybridized carbons (Fsp3) is 0.273. The molecule has 2 aromatic heterocycles. The summed E-state index contributed by atoms with van der Waals surface area (Å²) in [5.74, 6) is 0.609. The van der Waals surface area contributed by atoms with Crippen LogP contribution in [0.15, 0.2) is 42.9 Å². The Balaban J connectivity index is 1.89. The molecule has 0 radical (unpaired) electrons. The lowest BCUT2D eigenvalue weighted by Gasteiger charge is -2.34. The molecule has 0 saturated carbocycles. The van der Waals surface area contributed by atoms with Gasteiger partial charge < -0.3 is 14.9 Å². The van der Waals surface area contributed by atoms with E-state index in [-0.39, 0.29) is 24.1 Å². The third kappa shape index (κ3) is 3.81. The van der Waals surface area contributed by atoms with Gasteiger partial charge in [-0.15, -0.1) is 0 Å². The van der Waals surface area contributed by atoms with E-state index in [0.29, 0.717) is 36.4 Å². The van der Waals surface area contributed by atoms with Crippen LogP contribution in [0.3, 0.4) is 0 Å². The number of anilines is 1. The van der Waals surface area contributed by atoms with E-state index in [4.69, 9.17) is 4.74 Å². The number of aliphatic hydroxyl groups excluding tert-OH is 1. The minimum Gasteiger partial charge on any atom is -0.465 e. The molecule has 1 aliphatic rings. The van der Waals surface area contributed by atoms with E-state index in [9.17, 15) is 20.3 Å². The number of aliphatic hydroxyl groups is 1. The molecule has 0 saturated heterocycles. The number of carboxylic acid groups (broad SMARTS) is 1. The number of nitriles is 1. The summed E-state index contributed by atoms with van der Waals surface area (Å²) in [5, 5.41) is 32.6. The van der Waals surface area contributed by atoms with Gasteiger partial charge in [0.1, 0.15) is 17.4 Å². The van der Waals surface area contributed by atoms with E-state index in [0.717, 1.165) is 11.1 Å². The molecule has 1 aliphatic heterocycles. The lowest BCUT2D eigenvalue weighted by atomic mass is 9.92. The normalized spacial score (nSPS) is 15.3. The molecule has 158 valence electrons. The topological polar surface area (TPSA) is 125 Å². The molecule has 0 bridgehead atoms. The van der Waals surface area contributed by atoms with Crippen LogP contribution in [0, 0.1) is 11.3 Å². The van der Waals surface area contributed by atoms with Crippen molar-refractivity contribution in [3.05, 3.63) is 54.0 Å². The minimum atomic E-state index is -1.03. The number of nitrogens with zero attached hydrogens (tertiary/aromatic N) is 5. The molecule has 1 atom stereocenters. The molecule has 0 fully saturated rings. The lowest BCUT2D eigenvalue weighted by Crippen LogP contribution is -2.41. The third-order valence-electron chi connectivity index (χ3n) is 5.32. The van der Waals surface area contributed by atoms with Gasteiger partial charge in [0.2, 0.25) is 5.88 Å². The highest BCUT2D eigenvalue weighted by Gasteiger charge is 2.32. The number of fused-ring (bicyclic) bond motifs is 1. The number of hydrogen-bond acceptors (Lipinski definition) is 6. The second-order valence-corrected chi connectivity index (χ2v) is 7.27. The van der Waals surface area contributed by atoms with Crippen molar-refractivity contribution in [2.24, 2.45) is 0 Å². The smallest absolute Gasteiger partial charge is 0.412 e. The van der Waals surface area contributed by atoms with Crippen LogP contribution in [0.4, 0.5) is 10.5 Å². The van der Waals surface area contributed by atoms with Gasteiger partial charge in [-0.2, -0.15) is 10.4 Å². The molecule has 0 spiro atoms. The number of ether oxygens (including phenoxy) is 1. The van der Waals surface area contributed by atoms with Crippen LogP contribution in [-0.2, 0) is 13.0 Å². The SMILES string of the molecule is C[C@H]1CCc2c(ccc(-c3cnn(CCO)c3)c2Oc2ncccc2C#N)N1C(=O)O. The second-order valence-electron chi connectivity index (χ2n) is 7.27. The predicted molar refractivity (Wildman–Crippen MR) is 112 cm³/mol. The quantitative estimate of drug-likeness (QED) is 0.649. The highest BCUT2D eigenvalue weighted by Crippen LogP contribution is 2.44. The Hall–Kier alpha value is -3.90. The predicted octanol–water partition coefficient (Wildman–Crippen LogP) is 3.42. The Morgan fingerprint density at radius 3 is 2.97 bits per heavy atom. The van der Waals surface area contributed by atoms with E-state index in [1.807, 2.05) is 6.92 Å². The first-order valence-electron chi connectivity index (χ1n) is 9.88. The van der Waals surface area contributed by atoms with Crippen LogP contribution in [0.25, 0.3) is 11.1 Å². The van der Waals surface area contributed by atoms with Gasteiger partial charge in [0.15, 0.2) is 0 Å². The molecule has 4 rings (SSSR count). The molecule has 3 aromatic rings. The first kappa shape index (κ1) is 20.4. The molecule has 3 heterocycles. The Morgan fingerprint density at radius 2 is 2.23 bits per heavy atom. The van der Waals surface area contributed by atoms with Gasteiger partial charge in [-0.1, -0.05) is 0 Å². The maximum atomic E-state index is 11.9. The number of pyridine rings is 1. The van der Waals surface area contributed by atoms with Crippen LogP contribution >= 0.6 is 0 Å². The number of rotatable bonds is 5. The van der Waals surface area contributed by atoms with Crippen molar-refractivity contribution < 1.29 is 19.7 Å². The summed E-state index contributed by atoms with van der Waals surface area (Å²) in [4.78, 5) is 17.5. The number of benzene rings is 1. The summed E-state index contributed by atoms with van der Waals surface area (Å²) in [5.41, 5.74) is 3.03. The summed E-state index contributed by atoms with van der Waals surface area (Å²) < 4.78 is 7.79. The first-order chi connectivity index (χ1) is 15.0. The van der Waals surface area contributed by atoms with Crippen molar-refractivity contribution in [2.75, 3.05) is 11.5 Å². The Kier molecular flexibility index (Phi) is 5.56. The van der Waals surface area contributed by atoms with Crippen molar-refractivity contribution in [1.82, 2.24) is 14.8 Å². The number of carbonyl (C=O) groups is 1. The van der Waals surface area contributed by atoms with E-state index in [1.165, 1.54) is 11.1 Å². The third-order valence-corrected chi connectivity index (χ3v) is 5.32. The average molecular weight is 419 g/mol. The van der Waals surface area contributed by atoms with Gasteiger partial charge >= 0.3 is 6.09 Å². The fourth-order valence-electron chi connectivity index (χ4n) is 3.82. The van der Waals surface area contributed by atoms with Crippen molar-refractivity contribution in [3.8, 4) is 28.8 Å². The molecule has 9 heteroatoms. The van der Waals surface area contributed by atoms with Crippen molar-refractivity contribution in [1.29, 1.82) is 5.26 Å². The van der Waals surface area contributed by atoms with Gasteiger partial charge in [-0.3, -0.25) is 9.58 Å². The number of hydrogen-bond donors (Lipinski definition) is 2. The Bertz CT molecular complexity index is 1170. The largest absolute Gasteiger partial charge is 0.465 e. The molecule has 0 aliphatic carbocycles. The first-order valence-corrected chi connectivity index (χ1v) is 9.88. The zero-order valence-electron chi connectivity index (χ0n) is 16.9. The highest BCUT2D eigenvalue weighted by molar-refractivity contribution is 5.91. The van der Waals surface area contributed by atoms with Gasteiger partial charge in [0.25, 0.3) is 0 Å². The fourth-order valence-corrected chi connectivity index (χ4v) is 3.82. The zero-order chi connectivity index (χ0) is 22.0. The molecule has 31 heavy (non-hydrogen) atoms. The van der Waals surface area contributed by atoms with E-state index in [1.54, 1.807) is 41.3 Å². The lowest BCUT2D eigenvalue weighted by molar-refractivity contribution is 0.198. The van der Waals surface area contributed by atoms with Crippen LogP contribution in [0.2, 0.25) is 0 Å². The summed E-state index contributed by atoms with van der Waals surface area (Å²) in [6.45, 7) is 2.18. The molecule has 0 unspecified atom stereocenters. The highest BCUT2D eigenvalue weighted by atomic mass is 16.5. The van der Waals surface area contributed by atoms with Crippen LogP contribution in [-0.4, -0.2) is 43.7 Å². The molecular formula is C22H21N5O4. The summed E-state index contributed by atoms with van der Waals surface area (Å²) in [7, 11) is 0. The van der Waals surface area contributed by atoms with Gasteiger partial charge in [-0.25, -0.2) is 9.78 Å². The molecule has 2 N–H and O–H groups in total. The van der Waals surface area contributed by atoms with Gasteiger partial charge in [-0.05, 0) is 44.0 Å². The van der Waals surface area contributed by atoms with Crippen LogP contribution in [0.1, 0.15) is 24.5 Å². The Labute approximate surface area is 178 Å². The van der Waals surface area contributed by atoms with E-state index in [2.05, 4.69) is 16.2 Å². The van der Waals surface area contributed by atoms with Crippen LogP contribution < -0.4 is 9.64 Å². The Morgan fingerprint density at radius 1 is 1.39 bits per heavy atom. The summed E-state index contributed by atoms with van der Waals surface area (Å²) in [6.07, 6.45) is 5.21. The average Bonchev–Trinajstić information content (AvgIpc) is 3.22. The second kappa shape index (κ2) is 8.45. The van der Waals surface area contributed by atoms with Crippen molar-refractivity contribution in [2.45, 2.75) is 32.4 Å². The maximum absolute atomic E-state index is 11.9. The minimum absolute atomic E-state index is 0.0421. The van der Waals surface area contributed by atoms with Crippen molar-refractivity contribution >= 4 is 11.8 Å². The van der Waals surface area contributed by atoms with Gasteiger partial charge in [0, 0.05) is 35.1 Å². The van der Waals surface area contributed by atoms with E-state index >= 15 is 0 Å². The molecule has 1 aromatic carbocycles. The summed E-state index contributed by atoms with van der Waals surface area (Å²) in [6, 6.07) is 8.73. The van der Waals surface area contributed by atoms with E-state index < -0.39 is 6.09 Å². The summed E-state index contributed by atoms with van der Waals surface area (Å²) >= 11 is 0. The standard InChI is InChI=1S/C22H21N5O4/c1-14-4-5-18-19(27(14)22(29)30)7-6-17(16-12-25-26(13-16)9-10-28)20(18)31-21-15(11-23)3-2-8-24-21/h2-3,6-8,12-14,28H,4-5,9-10H2,1H3,(H,29,30)/t14-/m0/s1. The monoisotopic (exact) mass is 419 g/mol.